The van der Waals surface area contributed by atoms with Gasteiger partial charge in [0.05, 0.1) is 18.3 Å². The number of pyridine rings is 1. The van der Waals surface area contributed by atoms with Gasteiger partial charge in [-0.3, -0.25) is 9.69 Å². The summed E-state index contributed by atoms with van der Waals surface area (Å²) in [5.74, 6) is -1.56. The van der Waals surface area contributed by atoms with Crippen molar-refractivity contribution in [2.24, 2.45) is 0 Å². The van der Waals surface area contributed by atoms with Gasteiger partial charge in [-0.1, -0.05) is 16.6 Å². The zero-order chi connectivity index (χ0) is 26.7. The molecule has 194 valence electrons. The molecule has 0 saturated carbocycles. The maximum Gasteiger partial charge on any atom is 0.416 e. The first-order valence-corrected chi connectivity index (χ1v) is 11.5. The number of esters is 1. The molecule has 1 amide bonds. The van der Waals surface area contributed by atoms with Crippen molar-refractivity contribution in [2.75, 3.05) is 11.9 Å². The highest BCUT2D eigenvalue weighted by Gasteiger charge is 2.32. The first-order valence-electron chi connectivity index (χ1n) is 10.6. The summed E-state index contributed by atoms with van der Waals surface area (Å²) >= 11 is 0.909. The third-order valence-corrected chi connectivity index (χ3v) is 5.55. The van der Waals surface area contributed by atoms with E-state index in [9.17, 15) is 27.2 Å². The van der Waals surface area contributed by atoms with E-state index in [1.165, 1.54) is 17.9 Å². The molecular formula is C21H23F4N7O3S. The molecule has 3 rings (SSSR count). The second kappa shape index (κ2) is 10.6. The fraction of sp³-hybridized carbons (Fsp3) is 0.476. The van der Waals surface area contributed by atoms with Crippen molar-refractivity contribution in [3.05, 3.63) is 45.8 Å². The highest BCUT2D eigenvalue weighted by molar-refractivity contribution is 7.13. The van der Waals surface area contributed by atoms with Crippen molar-refractivity contribution in [3.63, 3.8) is 0 Å². The van der Waals surface area contributed by atoms with Crippen molar-refractivity contribution in [3.8, 4) is 0 Å². The lowest BCUT2D eigenvalue weighted by Crippen LogP contribution is -2.27. The quantitative estimate of drug-likeness (QED) is 0.320. The number of amides is 1. The minimum Gasteiger partial charge on any atom is -0.455 e. The zero-order valence-corrected chi connectivity index (χ0v) is 20.6. The monoisotopic (exact) mass is 529 g/mol. The number of anilines is 1. The number of rotatable bonds is 8. The van der Waals surface area contributed by atoms with Gasteiger partial charge in [-0.05, 0) is 39.3 Å². The minimum atomic E-state index is -4.58. The fourth-order valence-electron chi connectivity index (χ4n) is 2.85. The van der Waals surface area contributed by atoms with Crippen LogP contribution in [0.5, 0.6) is 0 Å². The Morgan fingerprint density at radius 2 is 1.92 bits per heavy atom. The molecule has 36 heavy (non-hydrogen) atoms. The number of carbonyl (C=O) groups excluding carboxylic acids is 2. The van der Waals surface area contributed by atoms with Gasteiger partial charge in [-0.25, -0.2) is 18.9 Å². The predicted octanol–water partition coefficient (Wildman–Crippen LogP) is 3.75. The first-order chi connectivity index (χ1) is 16.7. The molecule has 10 nitrogen and oxygen atoms in total. The largest absolute Gasteiger partial charge is 0.455 e. The maximum atomic E-state index is 14.5. The Morgan fingerprint density at radius 3 is 2.58 bits per heavy atom. The third-order valence-electron chi connectivity index (χ3n) is 4.57. The van der Waals surface area contributed by atoms with E-state index in [1.54, 1.807) is 20.8 Å². The van der Waals surface area contributed by atoms with Crippen LogP contribution in [0.15, 0.2) is 24.5 Å². The van der Waals surface area contributed by atoms with Crippen LogP contribution in [0.25, 0.3) is 0 Å². The molecule has 0 aliphatic rings. The minimum absolute atomic E-state index is 0.0233. The molecule has 0 spiro atoms. The van der Waals surface area contributed by atoms with Gasteiger partial charge in [-0.15, -0.1) is 15.3 Å². The lowest BCUT2D eigenvalue weighted by atomic mass is 10.2. The van der Waals surface area contributed by atoms with E-state index in [0.29, 0.717) is 5.01 Å². The molecule has 0 fully saturated rings. The molecule has 0 aliphatic carbocycles. The number of hydrogen-bond donors (Lipinski definition) is 0. The van der Waals surface area contributed by atoms with E-state index >= 15 is 0 Å². The van der Waals surface area contributed by atoms with Crippen LogP contribution >= 0.6 is 11.3 Å². The average Bonchev–Trinajstić information content (AvgIpc) is 3.45. The van der Waals surface area contributed by atoms with Crippen molar-refractivity contribution >= 4 is 29.0 Å². The van der Waals surface area contributed by atoms with E-state index in [1.807, 2.05) is 0 Å². The zero-order valence-electron chi connectivity index (χ0n) is 19.8. The molecule has 0 aromatic carbocycles. The summed E-state index contributed by atoms with van der Waals surface area (Å²) in [5.41, 5.74) is -1.68. The molecule has 3 aromatic rings. The summed E-state index contributed by atoms with van der Waals surface area (Å²) in [7, 11) is 1.27. The lowest BCUT2D eigenvalue weighted by Gasteiger charge is -2.18. The van der Waals surface area contributed by atoms with Crippen LogP contribution in [0, 0.1) is 0 Å². The molecule has 1 unspecified atom stereocenters. The first kappa shape index (κ1) is 27.1. The van der Waals surface area contributed by atoms with Gasteiger partial charge in [0, 0.05) is 19.7 Å². The summed E-state index contributed by atoms with van der Waals surface area (Å²) in [5, 5.41) is 15.4. The summed E-state index contributed by atoms with van der Waals surface area (Å²) in [6.45, 7) is 4.96. The Hall–Kier alpha value is -3.49. The van der Waals surface area contributed by atoms with E-state index in [-0.39, 0.29) is 35.9 Å². The second-order valence-corrected chi connectivity index (χ2v) is 9.79. The van der Waals surface area contributed by atoms with Crippen LogP contribution in [0.3, 0.4) is 0 Å². The molecule has 1 atom stereocenters. The number of halogens is 4. The van der Waals surface area contributed by atoms with Gasteiger partial charge in [0.15, 0.2) is 5.69 Å². The Balaban J connectivity index is 1.55. The van der Waals surface area contributed by atoms with Crippen molar-refractivity contribution in [2.45, 2.75) is 58.1 Å². The highest BCUT2D eigenvalue weighted by atomic mass is 32.1. The number of ether oxygens (including phenoxy) is 1. The van der Waals surface area contributed by atoms with Gasteiger partial charge in [0.2, 0.25) is 5.01 Å². The van der Waals surface area contributed by atoms with Gasteiger partial charge in [0.1, 0.15) is 22.6 Å². The highest BCUT2D eigenvalue weighted by Crippen LogP contribution is 2.31. The molecular weight excluding hydrogens is 506 g/mol. The molecule has 3 heterocycles. The van der Waals surface area contributed by atoms with Crippen LogP contribution in [0.4, 0.5) is 23.4 Å². The number of alkyl halides is 4. The van der Waals surface area contributed by atoms with E-state index < -0.39 is 35.4 Å². The number of hydrogen-bond acceptors (Lipinski definition) is 9. The van der Waals surface area contributed by atoms with Gasteiger partial charge >= 0.3 is 12.1 Å². The molecule has 15 heteroatoms. The molecule has 0 saturated heterocycles. The molecule has 3 aromatic heterocycles. The summed E-state index contributed by atoms with van der Waals surface area (Å²) < 4.78 is 59.7. The number of aromatic nitrogens is 6. The lowest BCUT2D eigenvalue weighted by molar-refractivity contribution is -0.137. The van der Waals surface area contributed by atoms with Crippen LogP contribution in [0.2, 0.25) is 0 Å². The molecule has 0 radical (unpaired) electrons. The standard InChI is InChI=1S/C21H23F4N7O3S/c1-20(2,3)35-19(34)14-11-32(30-27-14)10-13(22)5-6-16-28-29-17(36-16)18(33)31(4)15-9-12(7-8-26-15)21(23,24)25/h7-9,11,13H,5-6,10H2,1-4H3. The van der Waals surface area contributed by atoms with Crippen LogP contribution in [-0.4, -0.2) is 60.9 Å². The van der Waals surface area contributed by atoms with E-state index in [0.717, 1.165) is 34.6 Å². The summed E-state index contributed by atoms with van der Waals surface area (Å²) in [6.07, 6.45) is -3.51. The number of carbonyl (C=O) groups is 2. The Bertz CT molecular complexity index is 1220. The topological polar surface area (TPSA) is 116 Å². The predicted molar refractivity (Wildman–Crippen MR) is 120 cm³/mol. The SMILES string of the molecule is CN(C(=O)c1nnc(CCC(F)Cn2cc(C(=O)OC(C)(C)C)nn2)s1)c1cc(C(F)(F)F)ccn1. The Labute approximate surface area is 207 Å². The van der Waals surface area contributed by atoms with Crippen molar-refractivity contribution in [1.29, 1.82) is 0 Å². The van der Waals surface area contributed by atoms with Crippen LogP contribution < -0.4 is 4.90 Å². The fourth-order valence-corrected chi connectivity index (χ4v) is 3.68. The summed E-state index contributed by atoms with van der Waals surface area (Å²) in [4.78, 5) is 29.4. The summed E-state index contributed by atoms with van der Waals surface area (Å²) in [6, 6.07) is 1.56. The van der Waals surface area contributed by atoms with Crippen molar-refractivity contribution in [1.82, 2.24) is 30.2 Å². The van der Waals surface area contributed by atoms with Crippen LogP contribution in [-0.2, 0) is 23.9 Å². The Morgan fingerprint density at radius 1 is 1.19 bits per heavy atom. The van der Waals surface area contributed by atoms with Gasteiger partial charge in [0.25, 0.3) is 5.91 Å². The molecule has 0 aliphatic heterocycles. The van der Waals surface area contributed by atoms with Gasteiger partial charge in [-0.2, -0.15) is 13.2 Å². The van der Waals surface area contributed by atoms with Gasteiger partial charge < -0.3 is 4.74 Å². The smallest absolute Gasteiger partial charge is 0.416 e. The normalized spacial score (nSPS) is 12.9. The second-order valence-electron chi connectivity index (χ2n) is 8.73. The van der Waals surface area contributed by atoms with E-state index in [4.69, 9.17) is 4.74 Å². The van der Waals surface area contributed by atoms with Crippen LogP contribution in [0.1, 0.15) is 58.1 Å². The average molecular weight is 530 g/mol. The number of nitrogens with zero attached hydrogens (tertiary/aromatic N) is 7. The van der Waals surface area contributed by atoms with E-state index in [2.05, 4.69) is 25.5 Å². The number of aryl methyl sites for hydroxylation is 1. The van der Waals surface area contributed by atoms with Crippen molar-refractivity contribution < 1.29 is 31.9 Å². The molecule has 0 bridgehead atoms. The third kappa shape index (κ3) is 7.26. The molecule has 0 N–H and O–H groups in total. The maximum absolute atomic E-state index is 14.5. The Kier molecular flexibility index (Phi) is 8.01.